The van der Waals surface area contributed by atoms with Gasteiger partial charge in [0, 0.05) is 24.1 Å². The topological polar surface area (TPSA) is 131 Å². The molecule has 5 N–H and O–H groups in total. The van der Waals surface area contributed by atoms with E-state index in [1.165, 1.54) is 0 Å². The summed E-state index contributed by atoms with van der Waals surface area (Å²) in [7, 11) is 0. The number of imidazole rings is 1. The first-order chi connectivity index (χ1) is 18.0. The van der Waals surface area contributed by atoms with Gasteiger partial charge in [-0.05, 0) is 56.4 Å². The van der Waals surface area contributed by atoms with E-state index >= 15 is 0 Å². The second-order valence-corrected chi connectivity index (χ2v) is 11.5. The van der Waals surface area contributed by atoms with Gasteiger partial charge in [0.25, 0.3) is 0 Å². The smallest absolute Gasteiger partial charge is 0.224 e. The molecule has 2 fully saturated rings. The van der Waals surface area contributed by atoms with Crippen molar-refractivity contribution in [2.24, 2.45) is 17.1 Å². The summed E-state index contributed by atoms with van der Waals surface area (Å²) in [6, 6.07) is 1.70. The standard InChI is InChI=1S/C26H32ClF2N7O2/c1-26(2)8-7-15(11-20(26)37)32-24-31-12-19-23(35-24)36(16-5-3-13(4-6-16)22(30)38)25(33-19)34-21-17(27)9-14(28)10-18(21)29/h9-10,12-13,15-16,20,37H,3-8,11H2,1-2H3,(H2,30,38)(H,33,34)(H,31,32,35)/t13?,15-,16?,20-/m1/s1. The number of carbonyl (C=O) groups is 1. The van der Waals surface area contributed by atoms with E-state index in [9.17, 15) is 18.7 Å². The summed E-state index contributed by atoms with van der Waals surface area (Å²) in [5.74, 6) is -1.46. The van der Waals surface area contributed by atoms with Crippen molar-refractivity contribution >= 4 is 46.3 Å². The maximum absolute atomic E-state index is 14.6. The molecule has 2 aliphatic rings. The van der Waals surface area contributed by atoms with Gasteiger partial charge in [0.1, 0.15) is 11.3 Å². The molecule has 2 aliphatic carbocycles. The normalized spacial score (nSPS) is 25.3. The van der Waals surface area contributed by atoms with Gasteiger partial charge in [0.15, 0.2) is 11.5 Å². The van der Waals surface area contributed by atoms with Crippen molar-refractivity contribution in [3.8, 4) is 0 Å². The summed E-state index contributed by atoms with van der Waals surface area (Å²) in [6.07, 6.45) is 5.98. The molecule has 2 aromatic heterocycles. The molecule has 9 nitrogen and oxygen atoms in total. The van der Waals surface area contributed by atoms with Crippen LogP contribution in [0.1, 0.15) is 64.8 Å². The van der Waals surface area contributed by atoms with E-state index in [2.05, 4.69) is 34.4 Å². The summed E-state index contributed by atoms with van der Waals surface area (Å²) < 4.78 is 30.2. The van der Waals surface area contributed by atoms with E-state index in [1.54, 1.807) is 6.20 Å². The molecule has 38 heavy (non-hydrogen) atoms. The van der Waals surface area contributed by atoms with E-state index in [0.717, 1.165) is 25.0 Å². The average Bonchev–Trinajstić information content (AvgIpc) is 3.21. The van der Waals surface area contributed by atoms with E-state index in [-0.39, 0.29) is 46.0 Å². The number of hydrogen-bond acceptors (Lipinski definition) is 7. The summed E-state index contributed by atoms with van der Waals surface area (Å²) in [6.45, 7) is 4.12. The van der Waals surface area contributed by atoms with E-state index in [4.69, 9.17) is 22.3 Å². The molecule has 0 aliphatic heterocycles. The number of amides is 1. The highest BCUT2D eigenvalue weighted by molar-refractivity contribution is 6.33. The SMILES string of the molecule is CC1(C)CC[C@@H](Nc2ncc3nc(Nc4c(F)cc(F)cc4Cl)n(C4CCC(C(N)=O)CC4)c3n2)C[C@H]1O. The maximum atomic E-state index is 14.6. The molecule has 2 saturated carbocycles. The highest BCUT2D eigenvalue weighted by atomic mass is 35.5. The van der Waals surface area contributed by atoms with Crippen LogP contribution in [0.4, 0.5) is 26.4 Å². The first kappa shape index (κ1) is 26.6. The minimum atomic E-state index is -0.849. The third kappa shape index (κ3) is 5.26. The van der Waals surface area contributed by atoms with Crippen molar-refractivity contribution in [2.45, 2.75) is 77.0 Å². The number of rotatable bonds is 6. The van der Waals surface area contributed by atoms with E-state index in [0.29, 0.717) is 49.2 Å². The number of halogens is 3. The van der Waals surface area contributed by atoms with Gasteiger partial charge in [0.2, 0.25) is 17.8 Å². The Morgan fingerprint density at radius 3 is 2.58 bits per heavy atom. The van der Waals surface area contributed by atoms with E-state index in [1.807, 2.05) is 4.57 Å². The average molecular weight is 548 g/mol. The Bertz CT molecular complexity index is 1330. The number of nitrogens with zero attached hydrogens (tertiary/aromatic N) is 4. The molecule has 204 valence electrons. The zero-order valence-corrected chi connectivity index (χ0v) is 22.1. The zero-order valence-electron chi connectivity index (χ0n) is 21.3. The fraction of sp³-hybridized carbons (Fsp3) is 0.538. The van der Waals surface area contributed by atoms with Crippen LogP contribution in [0.2, 0.25) is 5.02 Å². The molecule has 3 aromatic rings. The summed E-state index contributed by atoms with van der Waals surface area (Å²) in [5, 5.41) is 16.7. The number of hydrogen-bond donors (Lipinski definition) is 4. The lowest BCUT2D eigenvalue weighted by Gasteiger charge is -2.39. The predicted octanol–water partition coefficient (Wildman–Crippen LogP) is 5.07. The van der Waals surface area contributed by atoms with Crippen LogP contribution in [0.5, 0.6) is 0 Å². The van der Waals surface area contributed by atoms with E-state index < -0.39 is 17.7 Å². The van der Waals surface area contributed by atoms with Crippen molar-refractivity contribution in [2.75, 3.05) is 10.6 Å². The minimum Gasteiger partial charge on any atom is -0.392 e. The first-order valence-corrected chi connectivity index (χ1v) is 13.3. The summed E-state index contributed by atoms with van der Waals surface area (Å²) >= 11 is 6.15. The number of carbonyl (C=O) groups excluding carboxylic acids is 1. The van der Waals surface area contributed by atoms with Crippen LogP contribution in [0.15, 0.2) is 18.3 Å². The zero-order chi connectivity index (χ0) is 27.2. The molecule has 2 heterocycles. The van der Waals surface area contributed by atoms with Crippen LogP contribution in [-0.4, -0.2) is 42.7 Å². The number of aromatic nitrogens is 4. The Morgan fingerprint density at radius 1 is 1.18 bits per heavy atom. The van der Waals surface area contributed by atoms with Gasteiger partial charge in [-0.25, -0.2) is 18.7 Å². The second-order valence-electron chi connectivity index (χ2n) is 11.1. The number of benzene rings is 1. The summed E-state index contributed by atoms with van der Waals surface area (Å²) in [5.41, 5.74) is 6.31. The monoisotopic (exact) mass is 547 g/mol. The van der Waals surface area contributed by atoms with Crippen LogP contribution in [0, 0.1) is 23.0 Å². The molecule has 0 spiro atoms. The lowest BCUT2D eigenvalue weighted by molar-refractivity contribution is -0.122. The number of fused-ring (bicyclic) bond motifs is 1. The van der Waals surface area contributed by atoms with Gasteiger partial charge in [-0.15, -0.1) is 0 Å². The van der Waals surface area contributed by atoms with Gasteiger partial charge in [-0.2, -0.15) is 4.98 Å². The number of aliphatic hydroxyl groups is 1. The fourth-order valence-electron chi connectivity index (χ4n) is 5.52. The highest BCUT2D eigenvalue weighted by Crippen LogP contribution is 2.39. The Balaban J connectivity index is 1.49. The second kappa shape index (κ2) is 10.3. The maximum Gasteiger partial charge on any atom is 0.224 e. The molecule has 5 rings (SSSR count). The molecule has 0 unspecified atom stereocenters. The third-order valence-corrected chi connectivity index (χ3v) is 8.32. The Labute approximate surface area is 224 Å². The van der Waals surface area contributed by atoms with Crippen molar-refractivity contribution in [3.05, 3.63) is 35.0 Å². The Kier molecular flexibility index (Phi) is 7.17. The first-order valence-electron chi connectivity index (χ1n) is 12.9. The molecular weight excluding hydrogens is 516 g/mol. The third-order valence-electron chi connectivity index (χ3n) is 8.02. The summed E-state index contributed by atoms with van der Waals surface area (Å²) in [4.78, 5) is 25.5. The Morgan fingerprint density at radius 2 is 1.92 bits per heavy atom. The molecular formula is C26H32ClF2N7O2. The molecule has 12 heteroatoms. The number of primary amides is 1. The highest BCUT2D eigenvalue weighted by Gasteiger charge is 2.35. The van der Waals surface area contributed by atoms with Crippen LogP contribution < -0.4 is 16.4 Å². The Hall–Kier alpha value is -3.05. The molecule has 0 radical (unpaired) electrons. The number of anilines is 3. The lowest BCUT2D eigenvalue weighted by Crippen LogP contribution is -2.41. The van der Waals surface area contributed by atoms with Gasteiger partial charge in [0.05, 0.1) is 23.0 Å². The minimum absolute atomic E-state index is 0.0163. The quantitative estimate of drug-likeness (QED) is 0.339. The predicted molar refractivity (Wildman–Crippen MR) is 141 cm³/mol. The van der Waals surface area contributed by atoms with Gasteiger partial charge in [-0.3, -0.25) is 9.36 Å². The largest absolute Gasteiger partial charge is 0.392 e. The molecule has 0 bridgehead atoms. The van der Waals surface area contributed by atoms with Crippen molar-refractivity contribution in [3.63, 3.8) is 0 Å². The van der Waals surface area contributed by atoms with Crippen molar-refractivity contribution in [1.82, 2.24) is 19.5 Å². The number of aliphatic hydroxyl groups excluding tert-OH is 1. The molecule has 1 aromatic carbocycles. The van der Waals surface area contributed by atoms with Gasteiger partial charge < -0.3 is 21.5 Å². The molecule has 2 atom stereocenters. The van der Waals surface area contributed by atoms with Gasteiger partial charge in [-0.1, -0.05) is 25.4 Å². The van der Waals surface area contributed by atoms with Crippen LogP contribution in [-0.2, 0) is 4.79 Å². The molecule has 0 saturated heterocycles. The van der Waals surface area contributed by atoms with Crippen LogP contribution in [0.25, 0.3) is 11.2 Å². The van der Waals surface area contributed by atoms with Crippen molar-refractivity contribution in [1.29, 1.82) is 0 Å². The lowest BCUT2D eigenvalue weighted by atomic mass is 9.73. The molecule has 1 amide bonds. The van der Waals surface area contributed by atoms with Crippen molar-refractivity contribution < 1.29 is 18.7 Å². The van der Waals surface area contributed by atoms with Crippen LogP contribution in [0.3, 0.4) is 0 Å². The van der Waals surface area contributed by atoms with Crippen LogP contribution >= 0.6 is 11.6 Å². The number of nitrogens with one attached hydrogen (secondary N) is 2. The fourth-order valence-corrected chi connectivity index (χ4v) is 5.76. The van der Waals surface area contributed by atoms with Gasteiger partial charge >= 0.3 is 0 Å². The number of nitrogens with two attached hydrogens (primary N) is 1.